The number of hydrogen-bond donors (Lipinski definition) is 1. The average Bonchev–Trinajstić information content (AvgIpc) is 3.12. The van der Waals surface area contributed by atoms with Crippen LogP contribution in [0.25, 0.3) is 0 Å². The van der Waals surface area contributed by atoms with Crippen LogP contribution in [-0.2, 0) is 27.2 Å². The summed E-state index contributed by atoms with van der Waals surface area (Å²) < 4.78 is 52.7. The minimum Gasteiger partial charge on any atom is -0.414 e. The molecule has 13 heteroatoms. The maximum Gasteiger partial charge on any atom is 0.335 e. The minimum absolute atomic E-state index is 0.0810. The molecule has 2 fully saturated rings. The van der Waals surface area contributed by atoms with Crippen LogP contribution in [0.3, 0.4) is 0 Å². The van der Waals surface area contributed by atoms with Crippen LogP contribution in [0.5, 0.6) is 0 Å². The first-order chi connectivity index (χ1) is 17.4. The van der Waals surface area contributed by atoms with Gasteiger partial charge in [-0.25, -0.2) is 9.18 Å². The third kappa shape index (κ3) is 6.03. The van der Waals surface area contributed by atoms with Crippen molar-refractivity contribution in [1.29, 1.82) is 0 Å². The van der Waals surface area contributed by atoms with E-state index >= 15 is 0 Å². The molecule has 212 valence electrons. The van der Waals surface area contributed by atoms with E-state index in [1.165, 1.54) is 16.8 Å². The quantitative estimate of drug-likeness (QED) is 0.261. The lowest BCUT2D eigenvalue weighted by Crippen LogP contribution is -2.66. The second-order valence-corrected chi connectivity index (χ2v) is 19.8. The summed E-state index contributed by atoms with van der Waals surface area (Å²) in [5.41, 5.74) is -0.659. The first-order valence-corrected chi connectivity index (χ1v) is 17.1. The molecule has 3 heterocycles. The molecule has 2 aliphatic rings. The fourth-order valence-corrected chi connectivity index (χ4v) is 16.6. The molecule has 0 aromatic carbocycles. The number of halogens is 1. The Morgan fingerprint density at radius 2 is 1.68 bits per heavy atom. The fraction of sp³-hybridized carbons (Fsp3) is 0.833. The molecule has 0 bridgehead atoms. The van der Waals surface area contributed by atoms with E-state index in [-0.39, 0.29) is 42.2 Å². The van der Waals surface area contributed by atoms with Gasteiger partial charge in [0.1, 0.15) is 31.8 Å². The molecule has 1 aromatic rings. The molecule has 0 amide bonds. The third-order valence-corrected chi connectivity index (χ3v) is 17.6. The van der Waals surface area contributed by atoms with Crippen molar-refractivity contribution in [3.63, 3.8) is 0 Å². The van der Waals surface area contributed by atoms with E-state index in [9.17, 15) is 14.0 Å². The zero-order valence-corrected chi connectivity index (χ0v) is 25.2. The first kappa shape index (κ1) is 30.3. The van der Waals surface area contributed by atoms with Crippen molar-refractivity contribution in [2.45, 2.75) is 102 Å². The van der Waals surface area contributed by atoms with Gasteiger partial charge in [0.05, 0.1) is 13.2 Å². The zero-order valence-electron chi connectivity index (χ0n) is 23.2. The maximum absolute atomic E-state index is 12.7. The Labute approximate surface area is 220 Å². The summed E-state index contributed by atoms with van der Waals surface area (Å²) in [5.74, 6) is 0. The highest BCUT2D eigenvalue weighted by atomic mass is 28.5. The van der Waals surface area contributed by atoms with Crippen molar-refractivity contribution >= 4 is 17.1 Å². The largest absolute Gasteiger partial charge is 0.414 e. The number of rotatable bonds is 10. The molecule has 0 aliphatic carbocycles. The molecule has 0 saturated carbocycles. The molecule has 0 spiro atoms. The van der Waals surface area contributed by atoms with Crippen LogP contribution in [0.15, 0.2) is 21.9 Å². The van der Waals surface area contributed by atoms with Crippen LogP contribution in [0.1, 0.15) is 61.6 Å². The number of nitrogens with one attached hydrogen (secondary N) is 1. The monoisotopic (exact) mass is 562 g/mol. The van der Waals surface area contributed by atoms with Crippen LogP contribution in [0.4, 0.5) is 4.39 Å². The summed E-state index contributed by atoms with van der Waals surface area (Å²) in [4.78, 5) is 26.7. The van der Waals surface area contributed by atoms with Gasteiger partial charge in [-0.3, -0.25) is 14.3 Å². The smallest absolute Gasteiger partial charge is 0.335 e. The van der Waals surface area contributed by atoms with Gasteiger partial charge < -0.3 is 27.2 Å². The van der Waals surface area contributed by atoms with Crippen molar-refractivity contribution in [2.75, 3.05) is 26.7 Å². The second kappa shape index (κ2) is 12.3. The van der Waals surface area contributed by atoms with Crippen molar-refractivity contribution in [1.82, 2.24) is 9.55 Å². The lowest BCUT2D eigenvalue weighted by molar-refractivity contribution is -0.140. The number of nitrogens with zero attached hydrogens (tertiary/aromatic N) is 1. The Balaban J connectivity index is 2.10. The van der Waals surface area contributed by atoms with Gasteiger partial charge in [-0.05, 0) is 22.2 Å². The average molecular weight is 563 g/mol. The van der Waals surface area contributed by atoms with E-state index in [0.29, 0.717) is 0 Å². The third-order valence-electron chi connectivity index (χ3n) is 7.31. The number of aromatic nitrogens is 2. The molecule has 37 heavy (non-hydrogen) atoms. The SMILES string of the molecule is CC(C)[Si]1(C(C)C)OC[C@H]2O[C@@H](n3ccc(=O)[nH]c3=O)[C@H](OCOCCF)[C@@H]2O[Si](C(C)C)(C(C)C)O1. The molecule has 2 saturated heterocycles. The van der Waals surface area contributed by atoms with Gasteiger partial charge in [-0.1, -0.05) is 55.4 Å². The molecule has 0 unspecified atom stereocenters. The Kier molecular flexibility index (Phi) is 10.1. The summed E-state index contributed by atoms with van der Waals surface area (Å²) in [5, 5.41) is 0. The maximum atomic E-state index is 12.7. The number of hydrogen-bond acceptors (Lipinski definition) is 8. The predicted octanol–water partition coefficient (Wildman–Crippen LogP) is 3.72. The summed E-state index contributed by atoms with van der Waals surface area (Å²) in [6.07, 6.45) is -1.54. The van der Waals surface area contributed by atoms with Crippen LogP contribution >= 0.6 is 0 Å². The van der Waals surface area contributed by atoms with Gasteiger partial charge in [-0.15, -0.1) is 0 Å². The standard InChI is InChI=1S/C24H43FN2O8Si2/c1-15(2)36(16(3)4)32-13-19-21(34-37(35-36,17(5)6)18(7)8)22(31-14-30-12-10-25)23(33-19)27-11-9-20(28)26-24(27)29/h9,11,15-19,21-23H,10,12-14H2,1-8H3,(H,26,28,29)/t19-,21-,22-,23-/m1/s1. The van der Waals surface area contributed by atoms with Gasteiger partial charge in [0.25, 0.3) is 5.56 Å². The van der Waals surface area contributed by atoms with Crippen molar-refractivity contribution < 1.29 is 31.6 Å². The van der Waals surface area contributed by atoms with E-state index in [0.717, 1.165) is 0 Å². The molecule has 1 aromatic heterocycles. The van der Waals surface area contributed by atoms with Crippen molar-refractivity contribution in [2.24, 2.45) is 0 Å². The van der Waals surface area contributed by atoms with E-state index in [1.807, 2.05) is 0 Å². The van der Waals surface area contributed by atoms with Crippen LogP contribution in [0.2, 0.25) is 22.2 Å². The van der Waals surface area contributed by atoms with Crippen LogP contribution in [0, 0.1) is 0 Å². The van der Waals surface area contributed by atoms with Gasteiger partial charge in [-0.2, -0.15) is 0 Å². The first-order valence-electron chi connectivity index (χ1n) is 13.1. The van der Waals surface area contributed by atoms with Gasteiger partial charge in [0, 0.05) is 12.3 Å². The fourth-order valence-electron chi connectivity index (χ4n) is 5.39. The molecular formula is C24H43FN2O8Si2. The molecular weight excluding hydrogens is 519 g/mol. The topological polar surface area (TPSA) is 110 Å². The summed E-state index contributed by atoms with van der Waals surface area (Å²) in [7, 11) is -5.77. The molecule has 2 aliphatic heterocycles. The van der Waals surface area contributed by atoms with E-state index < -0.39 is 59.6 Å². The summed E-state index contributed by atoms with van der Waals surface area (Å²) in [6.45, 7) is 16.2. The second-order valence-electron chi connectivity index (χ2n) is 11.0. The van der Waals surface area contributed by atoms with E-state index in [2.05, 4.69) is 60.4 Å². The van der Waals surface area contributed by atoms with Crippen molar-refractivity contribution in [3.8, 4) is 0 Å². The molecule has 1 N–H and O–H groups in total. The molecule has 4 atom stereocenters. The Morgan fingerprint density at radius 3 is 2.22 bits per heavy atom. The van der Waals surface area contributed by atoms with Gasteiger partial charge >= 0.3 is 22.8 Å². The van der Waals surface area contributed by atoms with E-state index in [4.69, 9.17) is 27.2 Å². The highest BCUT2D eigenvalue weighted by molar-refractivity contribution is 6.83. The number of fused-ring (bicyclic) bond motifs is 1. The lowest BCUT2D eigenvalue weighted by Gasteiger charge is -2.51. The predicted molar refractivity (Wildman–Crippen MR) is 141 cm³/mol. The summed E-state index contributed by atoms with van der Waals surface area (Å²) in [6, 6.07) is 1.25. The zero-order chi connectivity index (χ0) is 27.5. The Bertz CT molecular complexity index is 985. The molecule has 3 rings (SSSR count). The molecule has 0 radical (unpaired) electrons. The van der Waals surface area contributed by atoms with Crippen molar-refractivity contribution in [3.05, 3.63) is 33.1 Å². The highest BCUT2D eigenvalue weighted by Crippen LogP contribution is 2.48. The van der Waals surface area contributed by atoms with Gasteiger partial charge in [0.2, 0.25) is 0 Å². The number of ether oxygens (including phenoxy) is 3. The Morgan fingerprint density at radius 1 is 1.05 bits per heavy atom. The number of aromatic amines is 1. The number of alkyl halides is 1. The van der Waals surface area contributed by atoms with E-state index in [1.54, 1.807) is 0 Å². The lowest BCUT2D eigenvalue weighted by atomic mass is 10.1. The minimum atomic E-state index is -2.99. The molecule has 10 nitrogen and oxygen atoms in total. The highest BCUT2D eigenvalue weighted by Gasteiger charge is 2.62. The summed E-state index contributed by atoms with van der Waals surface area (Å²) >= 11 is 0. The van der Waals surface area contributed by atoms with Crippen LogP contribution in [-0.4, -0.2) is 71.7 Å². The Hall–Kier alpha value is -1.20. The van der Waals surface area contributed by atoms with Gasteiger partial charge in [0.15, 0.2) is 6.23 Å². The normalized spacial score (nSPS) is 27.6. The number of H-pyrrole nitrogens is 1. The van der Waals surface area contributed by atoms with Crippen LogP contribution < -0.4 is 11.2 Å².